The van der Waals surface area contributed by atoms with Crippen LogP contribution in [-0.2, 0) is 6.42 Å². The molecule has 6 heteroatoms. The molecule has 0 atom stereocenters. The summed E-state index contributed by atoms with van der Waals surface area (Å²) in [5.74, 6) is -0.156. The van der Waals surface area contributed by atoms with Crippen LogP contribution in [0.15, 0.2) is 24.4 Å². The van der Waals surface area contributed by atoms with Gasteiger partial charge in [-0.25, -0.2) is 0 Å². The molecule has 0 saturated heterocycles. The van der Waals surface area contributed by atoms with Crippen LogP contribution in [0.4, 0.5) is 0 Å². The number of Topliss-reactive ketones (excluding diaryl/α,β-unsaturated/α-hetero) is 1. The Morgan fingerprint density at radius 3 is 2.35 bits per heavy atom. The quantitative estimate of drug-likeness (QED) is 0.751. The van der Waals surface area contributed by atoms with Gasteiger partial charge in [-0.05, 0) is 31.5 Å². The molecule has 0 aliphatic carbocycles. The molecule has 106 valence electrons. The number of carbonyl (C=O) groups excluding carboxylic acids is 1. The molecule has 2 aromatic rings. The molecule has 1 aromatic heterocycles. The summed E-state index contributed by atoms with van der Waals surface area (Å²) in [5, 5.41) is 5.40. The van der Waals surface area contributed by atoms with Gasteiger partial charge in [0.15, 0.2) is 5.78 Å². The van der Waals surface area contributed by atoms with Crippen LogP contribution in [0.1, 0.15) is 35.9 Å². The van der Waals surface area contributed by atoms with Crippen LogP contribution in [0, 0.1) is 0 Å². The number of aromatic nitrogens is 2. The first-order chi connectivity index (χ1) is 9.41. The Hall–Kier alpha value is -1.03. The third-order valence-corrected chi connectivity index (χ3v) is 3.89. The van der Waals surface area contributed by atoms with E-state index < -0.39 is 0 Å². The van der Waals surface area contributed by atoms with Crippen molar-refractivity contribution in [2.24, 2.45) is 0 Å². The van der Waals surface area contributed by atoms with Crippen molar-refractivity contribution in [1.29, 1.82) is 0 Å². The Morgan fingerprint density at radius 1 is 1.20 bits per heavy atom. The zero-order valence-corrected chi connectivity index (χ0v) is 13.3. The van der Waals surface area contributed by atoms with E-state index in [4.69, 9.17) is 34.8 Å². The molecular formula is C14H13Cl3N2O. The number of nitrogens with zero attached hydrogens (tertiary/aromatic N) is 2. The van der Waals surface area contributed by atoms with E-state index in [1.54, 1.807) is 22.9 Å². The van der Waals surface area contributed by atoms with Gasteiger partial charge in [0.2, 0.25) is 0 Å². The normalized spacial score (nSPS) is 11.1. The molecule has 0 unspecified atom stereocenters. The minimum absolute atomic E-state index is 0.0446. The summed E-state index contributed by atoms with van der Waals surface area (Å²) in [6, 6.07) is 5.20. The van der Waals surface area contributed by atoms with Gasteiger partial charge in [-0.15, -0.1) is 0 Å². The van der Waals surface area contributed by atoms with Gasteiger partial charge in [-0.2, -0.15) is 5.10 Å². The van der Waals surface area contributed by atoms with Crippen molar-refractivity contribution in [3.05, 3.63) is 50.7 Å². The highest BCUT2D eigenvalue weighted by molar-refractivity contribution is 6.37. The molecule has 0 aliphatic rings. The third kappa shape index (κ3) is 3.00. The highest BCUT2D eigenvalue weighted by Crippen LogP contribution is 2.27. The van der Waals surface area contributed by atoms with Crippen molar-refractivity contribution in [2.45, 2.75) is 26.3 Å². The Morgan fingerprint density at radius 2 is 1.80 bits per heavy atom. The molecule has 0 spiro atoms. The lowest BCUT2D eigenvalue weighted by Crippen LogP contribution is -2.15. The maximum atomic E-state index is 12.5. The van der Waals surface area contributed by atoms with Crippen LogP contribution in [0.5, 0.6) is 0 Å². The fraction of sp³-hybridized carbons (Fsp3) is 0.286. The van der Waals surface area contributed by atoms with Crippen molar-refractivity contribution < 1.29 is 4.79 Å². The molecule has 1 heterocycles. The predicted octanol–water partition coefficient (Wildman–Crippen LogP) is 4.85. The minimum Gasteiger partial charge on any atom is -0.292 e. The molecular weight excluding hydrogens is 319 g/mol. The van der Waals surface area contributed by atoms with Gasteiger partial charge < -0.3 is 0 Å². The van der Waals surface area contributed by atoms with Gasteiger partial charge in [-0.1, -0.05) is 40.9 Å². The SMILES string of the molecule is CC(C)n1ncc(Cl)c1C(=O)Cc1c(Cl)cccc1Cl. The summed E-state index contributed by atoms with van der Waals surface area (Å²) in [4.78, 5) is 12.5. The van der Waals surface area contributed by atoms with E-state index >= 15 is 0 Å². The van der Waals surface area contributed by atoms with Crippen LogP contribution >= 0.6 is 34.8 Å². The predicted molar refractivity (Wildman–Crippen MR) is 82.1 cm³/mol. The first-order valence-electron chi connectivity index (χ1n) is 6.11. The molecule has 0 aliphatic heterocycles. The number of halogens is 3. The topological polar surface area (TPSA) is 34.9 Å². The number of hydrogen-bond acceptors (Lipinski definition) is 2. The van der Waals surface area contributed by atoms with Crippen molar-refractivity contribution in [2.75, 3.05) is 0 Å². The van der Waals surface area contributed by atoms with Crippen molar-refractivity contribution in [1.82, 2.24) is 9.78 Å². The summed E-state index contributed by atoms with van der Waals surface area (Å²) >= 11 is 18.2. The second-order valence-electron chi connectivity index (χ2n) is 4.68. The fourth-order valence-corrected chi connectivity index (χ4v) is 2.71. The van der Waals surface area contributed by atoms with Gasteiger partial charge in [0.25, 0.3) is 0 Å². The van der Waals surface area contributed by atoms with Gasteiger partial charge in [-0.3, -0.25) is 9.48 Å². The van der Waals surface area contributed by atoms with Crippen LogP contribution in [0.2, 0.25) is 15.1 Å². The molecule has 0 radical (unpaired) electrons. The molecule has 0 bridgehead atoms. The first-order valence-corrected chi connectivity index (χ1v) is 7.24. The van der Waals surface area contributed by atoms with E-state index in [0.29, 0.717) is 26.3 Å². The molecule has 0 fully saturated rings. The monoisotopic (exact) mass is 330 g/mol. The molecule has 0 N–H and O–H groups in total. The standard InChI is InChI=1S/C14H13Cl3N2O/c1-8(2)19-14(12(17)7-18-19)13(20)6-9-10(15)4-3-5-11(9)16/h3-5,7-8H,6H2,1-2H3. The molecule has 1 aromatic carbocycles. The number of carbonyl (C=O) groups is 1. The Bertz CT molecular complexity index is 630. The molecule has 0 saturated carbocycles. The zero-order valence-electron chi connectivity index (χ0n) is 11.0. The maximum absolute atomic E-state index is 12.5. The van der Waals surface area contributed by atoms with Crippen molar-refractivity contribution in [3.63, 3.8) is 0 Å². The smallest absolute Gasteiger partial charge is 0.186 e. The maximum Gasteiger partial charge on any atom is 0.186 e. The third-order valence-electron chi connectivity index (χ3n) is 2.90. The number of benzene rings is 1. The second kappa shape index (κ2) is 6.17. The lowest BCUT2D eigenvalue weighted by Gasteiger charge is -2.11. The van der Waals surface area contributed by atoms with E-state index in [9.17, 15) is 4.79 Å². The largest absolute Gasteiger partial charge is 0.292 e. The molecule has 3 nitrogen and oxygen atoms in total. The van der Waals surface area contributed by atoms with E-state index in [2.05, 4.69) is 5.10 Å². The number of ketones is 1. The zero-order chi connectivity index (χ0) is 14.9. The Balaban J connectivity index is 2.36. The van der Waals surface area contributed by atoms with Crippen LogP contribution in [0.3, 0.4) is 0 Å². The van der Waals surface area contributed by atoms with E-state index in [0.717, 1.165) is 0 Å². The summed E-state index contributed by atoms with van der Waals surface area (Å²) in [5.41, 5.74) is 0.992. The Kier molecular flexibility index (Phi) is 4.74. The average Bonchev–Trinajstić information content (AvgIpc) is 2.76. The van der Waals surface area contributed by atoms with Gasteiger partial charge >= 0.3 is 0 Å². The molecule has 2 rings (SSSR count). The molecule has 20 heavy (non-hydrogen) atoms. The van der Waals surface area contributed by atoms with E-state index in [1.807, 2.05) is 13.8 Å². The number of hydrogen-bond donors (Lipinski definition) is 0. The average molecular weight is 332 g/mol. The van der Waals surface area contributed by atoms with Gasteiger partial charge in [0.05, 0.1) is 11.2 Å². The summed E-state index contributed by atoms with van der Waals surface area (Å²) in [6.45, 7) is 3.87. The second-order valence-corrected chi connectivity index (χ2v) is 5.90. The van der Waals surface area contributed by atoms with Crippen molar-refractivity contribution in [3.8, 4) is 0 Å². The van der Waals surface area contributed by atoms with Gasteiger partial charge in [0.1, 0.15) is 5.69 Å². The lowest BCUT2D eigenvalue weighted by atomic mass is 10.1. The summed E-state index contributed by atoms with van der Waals surface area (Å²) in [7, 11) is 0. The number of rotatable bonds is 4. The highest BCUT2D eigenvalue weighted by atomic mass is 35.5. The van der Waals surface area contributed by atoms with Gasteiger partial charge in [0, 0.05) is 22.5 Å². The Labute approximate surface area is 132 Å². The fourth-order valence-electron chi connectivity index (χ4n) is 1.94. The van der Waals surface area contributed by atoms with Crippen LogP contribution in [0.25, 0.3) is 0 Å². The highest BCUT2D eigenvalue weighted by Gasteiger charge is 2.21. The van der Waals surface area contributed by atoms with Crippen LogP contribution < -0.4 is 0 Å². The van der Waals surface area contributed by atoms with E-state index in [1.165, 1.54) is 6.20 Å². The van der Waals surface area contributed by atoms with Crippen LogP contribution in [-0.4, -0.2) is 15.6 Å². The summed E-state index contributed by atoms with van der Waals surface area (Å²) in [6.07, 6.45) is 1.57. The van der Waals surface area contributed by atoms with E-state index in [-0.39, 0.29) is 18.2 Å². The first kappa shape index (κ1) is 15.4. The lowest BCUT2D eigenvalue weighted by molar-refractivity contribution is 0.0981. The summed E-state index contributed by atoms with van der Waals surface area (Å²) < 4.78 is 1.61. The van der Waals surface area contributed by atoms with Crippen molar-refractivity contribution >= 4 is 40.6 Å². The minimum atomic E-state index is -0.156. The molecule has 0 amide bonds.